The lowest BCUT2D eigenvalue weighted by Gasteiger charge is -2.37. The number of carboxylic acid groups (broad SMARTS) is 1. The van der Waals surface area contributed by atoms with Crippen molar-refractivity contribution in [1.29, 1.82) is 0 Å². The van der Waals surface area contributed by atoms with Gasteiger partial charge in [-0.25, -0.2) is 4.79 Å². The molecular formula is C17H20ClN3O4. The van der Waals surface area contributed by atoms with E-state index >= 15 is 0 Å². The number of nitrogens with one attached hydrogen (secondary N) is 1. The van der Waals surface area contributed by atoms with Crippen molar-refractivity contribution >= 4 is 34.6 Å². The molecule has 0 saturated carbocycles. The van der Waals surface area contributed by atoms with Crippen LogP contribution in [0.25, 0.3) is 10.9 Å². The predicted molar refractivity (Wildman–Crippen MR) is 93.9 cm³/mol. The monoisotopic (exact) mass is 365 g/mol. The zero-order valence-electron chi connectivity index (χ0n) is 13.9. The molecule has 1 fully saturated rings. The minimum atomic E-state index is -0.939. The second-order valence-corrected chi connectivity index (χ2v) is 6.28. The lowest BCUT2D eigenvalue weighted by Crippen LogP contribution is -2.51. The Hall–Kier alpha value is -2.25. The highest BCUT2D eigenvalue weighted by Gasteiger charge is 2.33. The summed E-state index contributed by atoms with van der Waals surface area (Å²) in [6.07, 6.45) is 1.34. The van der Waals surface area contributed by atoms with E-state index in [1.807, 2.05) is 17.0 Å². The highest BCUT2D eigenvalue weighted by Crippen LogP contribution is 2.33. The highest BCUT2D eigenvalue weighted by molar-refractivity contribution is 6.35. The predicted octanol–water partition coefficient (Wildman–Crippen LogP) is 2.72. The molecule has 2 aromatic rings. The molecule has 0 bridgehead atoms. The summed E-state index contributed by atoms with van der Waals surface area (Å²) in [4.78, 5) is 30.3. The molecule has 1 aliphatic rings. The normalized spacial score (nSPS) is 16.8. The molecule has 2 heterocycles. The van der Waals surface area contributed by atoms with Crippen LogP contribution in [-0.2, 0) is 9.53 Å². The maximum absolute atomic E-state index is 12.0. The van der Waals surface area contributed by atoms with Crippen molar-refractivity contribution in [3.8, 4) is 0 Å². The largest absolute Gasteiger partial charge is 0.480 e. The summed E-state index contributed by atoms with van der Waals surface area (Å²) in [5.41, 5.74) is 1.44. The first kappa shape index (κ1) is 17.6. The summed E-state index contributed by atoms with van der Waals surface area (Å²) < 4.78 is 5.00. The quantitative estimate of drug-likeness (QED) is 0.870. The second-order valence-electron chi connectivity index (χ2n) is 5.87. The SMILES string of the molecule is CCOC(=O)N1CCN(C(C(=O)O)c2c[nH]c3cccc(Cl)c23)CC1. The third-order valence-electron chi connectivity index (χ3n) is 4.42. The molecule has 25 heavy (non-hydrogen) atoms. The summed E-state index contributed by atoms with van der Waals surface area (Å²) >= 11 is 6.29. The number of piperazine rings is 1. The van der Waals surface area contributed by atoms with Crippen LogP contribution in [0, 0.1) is 0 Å². The molecule has 1 amide bonds. The van der Waals surface area contributed by atoms with Crippen molar-refractivity contribution in [3.63, 3.8) is 0 Å². The van der Waals surface area contributed by atoms with Gasteiger partial charge in [-0.05, 0) is 19.1 Å². The number of nitrogens with zero attached hydrogens (tertiary/aromatic N) is 2. The molecule has 1 unspecified atom stereocenters. The molecule has 7 nitrogen and oxygen atoms in total. The Balaban J connectivity index is 1.83. The molecule has 1 aromatic carbocycles. The van der Waals surface area contributed by atoms with Crippen LogP contribution in [0.3, 0.4) is 0 Å². The number of fused-ring (bicyclic) bond motifs is 1. The smallest absolute Gasteiger partial charge is 0.409 e. The molecule has 134 valence electrons. The highest BCUT2D eigenvalue weighted by atomic mass is 35.5. The zero-order valence-corrected chi connectivity index (χ0v) is 14.6. The number of carbonyl (C=O) groups excluding carboxylic acids is 1. The van der Waals surface area contributed by atoms with Crippen molar-refractivity contribution in [2.75, 3.05) is 32.8 Å². The number of ether oxygens (including phenoxy) is 1. The van der Waals surface area contributed by atoms with Crippen molar-refractivity contribution in [1.82, 2.24) is 14.8 Å². The van der Waals surface area contributed by atoms with Gasteiger partial charge in [0.2, 0.25) is 0 Å². The van der Waals surface area contributed by atoms with Gasteiger partial charge in [0.1, 0.15) is 6.04 Å². The van der Waals surface area contributed by atoms with Crippen LogP contribution in [0.15, 0.2) is 24.4 Å². The number of aromatic amines is 1. The summed E-state index contributed by atoms with van der Waals surface area (Å²) in [5.74, 6) is -0.939. The summed E-state index contributed by atoms with van der Waals surface area (Å²) in [6, 6.07) is 4.61. The van der Waals surface area contributed by atoms with Crippen LogP contribution in [0.4, 0.5) is 4.79 Å². The fourth-order valence-corrected chi connectivity index (χ4v) is 3.53. The first-order valence-electron chi connectivity index (χ1n) is 8.17. The second kappa shape index (κ2) is 7.33. The van der Waals surface area contributed by atoms with Crippen LogP contribution >= 0.6 is 11.6 Å². The van der Waals surface area contributed by atoms with Crippen molar-refractivity contribution in [2.24, 2.45) is 0 Å². The fraction of sp³-hybridized carbons (Fsp3) is 0.412. The third kappa shape index (κ3) is 3.43. The molecule has 8 heteroatoms. The van der Waals surface area contributed by atoms with Gasteiger partial charge in [0.05, 0.1) is 11.6 Å². The van der Waals surface area contributed by atoms with Gasteiger partial charge >= 0.3 is 12.1 Å². The van der Waals surface area contributed by atoms with Crippen molar-refractivity contribution in [3.05, 3.63) is 35.0 Å². The first-order chi connectivity index (χ1) is 12.0. The Bertz CT molecular complexity index is 783. The molecule has 0 radical (unpaired) electrons. The van der Waals surface area contributed by atoms with E-state index in [0.717, 1.165) is 10.9 Å². The number of halogens is 1. The summed E-state index contributed by atoms with van der Waals surface area (Å²) in [5, 5.41) is 11.0. The van der Waals surface area contributed by atoms with Gasteiger partial charge in [-0.1, -0.05) is 17.7 Å². The Kier molecular flexibility index (Phi) is 5.15. The molecule has 0 spiro atoms. The summed E-state index contributed by atoms with van der Waals surface area (Å²) in [7, 11) is 0. The van der Waals surface area contributed by atoms with Crippen LogP contribution in [-0.4, -0.2) is 64.7 Å². The lowest BCUT2D eigenvalue weighted by molar-refractivity contribution is -0.144. The number of H-pyrrole nitrogens is 1. The number of hydrogen-bond donors (Lipinski definition) is 2. The molecule has 2 N–H and O–H groups in total. The summed E-state index contributed by atoms with van der Waals surface area (Å²) in [6.45, 7) is 3.84. The zero-order chi connectivity index (χ0) is 18.0. The molecule has 1 aromatic heterocycles. The van der Waals surface area contributed by atoms with E-state index in [0.29, 0.717) is 43.4 Å². The van der Waals surface area contributed by atoms with E-state index in [1.165, 1.54) is 0 Å². The molecule has 0 aliphatic carbocycles. The fourth-order valence-electron chi connectivity index (χ4n) is 3.24. The van der Waals surface area contributed by atoms with E-state index in [9.17, 15) is 14.7 Å². The average molecular weight is 366 g/mol. The van der Waals surface area contributed by atoms with Gasteiger partial charge in [-0.15, -0.1) is 0 Å². The molecule has 3 rings (SSSR count). The lowest BCUT2D eigenvalue weighted by atomic mass is 10.0. The van der Waals surface area contributed by atoms with E-state index < -0.39 is 12.0 Å². The maximum Gasteiger partial charge on any atom is 0.409 e. The number of carboxylic acids is 1. The van der Waals surface area contributed by atoms with Crippen molar-refractivity contribution in [2.45, 2.75) is 13.0 Å². The van der Waals surface area contributed by atoms with Gasteiger partial charge in [-0.3, -0.25) is 9.69 Å². The molecule has 1 atom stereocenters. The van der Waals surface area contributed by atoms with E-state index in [2.05, 4.69) is 4.98 Å². The standard InChI is InChI=1S/C17H20ClN3O4/c1-2-25-17(24)21-8-6-20(7-9-21)15(16(22)23)11-10-19-13-5-3-4-12(18)14(11)13/h3-5,10,15,19H,2,6-9H2,1H3,(H,22,23). The van der Waals surface area contributed by atoms with Crippen LogP contribution in [0.5, 0.6) is 0 Å². The average Bonchev–Trinajstić information content (AvgIpc) is 3.01. The third-order valence-corrected chi connectivity index (χ3v) is 4.73. The van der Waals surface area contributed by atoms with E-state index in [-0.39, 0.29) is 6.09 Å². The number of amides is 1. The first-order valence-corrected chi connectivity index (χ1v) is 8.54. The van der Waals surface area contributed by atoms with Crippen LogP contribution < -0.4 is 0 Å². The molecule has 1 saturated heterocycles. The van der Waals surface area contributed by atoms with Gasteiger partial charge in [-0.2, -0.15) is 0 Å². The maximum atomic E-state index is 12.0. The van der Waals surface area contributed by atoms with Crippen molar-refractivity contribution < 1.29 is 19.4 Å². The number of benzene rings is 1. The van der Waals surface area contributed by atoms with Crippen LogP contribution in [0.2, 0.25) is 5.02 Å². The Morgan fingerprint density at radius 3 is 2.68 bits per heavy atom. The minimum Gasteiger partial charge on any atom is -0.480 e. The minimum absolute atomic E-state index is 0.324. The number of rotatable bonds is 4. The number of aliphatic carboxylic acids is 1. The Labute approximate surface area is 150 Å². The number of carbonyl (C=O) groups is 2. The van der Waals surface area contributed by atoms with E-state index in [1.54, 1.807) is 24.1 Å². The molecule has 1 aliphatic heterocycles. The van der Waals surface area contributed by atoms with Gasteiger partial charge in [0.25, 0.3) is 0 Å². The Morgan fingerprint density at radius 1 is 1.32 bits per heavy atom. The van der Waals surface area contributed by atoms with E-state index in [4.69, 9.17) is 16.3 Å². The van der Waals surface area contributed by atoms with Crippen LogP contribution in [0.1, 0.15) is 18.5 Å². The topological polar surface area (TPSA) is 85.9 Å². The van der Waals surface area contributed by atoms with Gasteiger partial charge < -0.3 is 19.7 Å². The number of aromatic nitrogens is 1. The molecular weight excluding hydrogens is 346 g/mol. The number of hydrogen-bond acceptors (Lipinski definition) is 4. The Morgan fingerprint density at radius 2 is 2.04 bits per heavy atom. The van der Waals surface area contributed by atoms with Gasteiger partial charge in [0, 0.05) is 48.8 Å². The van der Waals surface area contributed by atoms with Gasteiger partial charge in [0.15, 0.2) is 0 Å².